The Kier molecular flexibility index (Phi) is 5.84. The Morgan fingerprint density at radius 1 is 1.25 bits per heavy atom. The third kappa shape index (κ3) is 3.88. The predicted molar refractivity (Wildman–Crippen MR) is 102 cm³/mol. The van der Waals surface area contributed by atoms with Gasteiger partial charge < -0.3 is 29.5 Å². The number of piperazine rings is 1. The Hall–Kier alpha value is -1.71. The zero-order valence-electron chi connectivity index (χ0n) is 16.4. The Labute approximate surface area is 165 Å². The second-order valence-electron chi connectivity index (χ2n) is 7.65. The number of carbonyl (C=O) groups excluding carboxylic acids is 1. The molecule has 3 aliphatic heterocycles. The minimum atomic E-state index is -0.603. The van der Waals surface area contributed by atoms with Gasteiger partial charge in [0.15, 0.2) is 6.29 Å². The van der Waals surface area contributed by atoms with E-state index in [1.165, 1.54) is 0 Å². The van der Waals surface area contributed by atoms with E-state index < -0.39 is 12.4 Å². The summed E-state index contributed by atoms with van der Waals surface area (Å²) in [6.07, 6.45) is -1.18. The number of ether oxygens (including phenoxy) is 3. The first-order chi connectivity index (χ1) is 13.6. The van der Waals surface area contributed by atoms with Gasteiger partial charge in [-0.15, -0.1) is 0 Å². The van der Waals surface area contributed by atoms with E-state index in [-0.39, 0.29) is 24.1 Å². The number of fused-ring (bicyclic) bond motifs is 2. The number of hydrogen-bond acceptors (Lipinski definition) is 7. The third-order valence-corrected chi connectivity index (χ3v) is 6.01. The van der Waals surface area contributed by atoms with E-state index in [2.05, 4.69) is 10.2 Å². The summed E-state index contributed by atoms with van der Waals surface area (Å²) in [6.45, 7) is 5.45. The molecule has 0 unspecified atom stereocenters. The molecule has 3 saturated heterocycles. The van der Waals surface area contributed by atoms with Gasteiger partial charge in [-0.3, -0.25) is 9.69 Å². The summed E-state index contributed by atoms with van der Waals surface area (Å²) in [5.74, 6) is 0.915. The zero-order valence-corrected chi connectivity index (χ0v) is 16.4. The van der Waals surface area contributed by atoms with Crippen molar-refractivity contribution in [3.8, 4) is 5.75 Å². The third-order valence-electron chi connectivity index (χ3n) is 6.01. The van der Waals surface area contributed by atoms with Crippen LogP contribution in [0.15, 0.2) is 24.3 Å². The minimum Gasteiger partial charge on any atom is -0.497 e. The van der Waals surface area contributed by atoms with E-state index in [1.54, 1.807) is 14.0 Å². The Morgan fingerprint density at radius 3 is 2.61 bits per heavy atom. The fraction of sp³-hybridized carbons (Fsp3) is 0.650. The molecule has 0 spiro atoms. The molecule has 4 rings (SSSR count). The molecule has 0 aliphatic carbocycles. The maximum atomic E-state index is 11.6. The Bertz CT molecular complexity index is 677. The van der Waals surface area contributed by atoms with Crippen LogP contribution in [0.25, 0.3) is 0 Å². The zero-order chi connectivity index (χ0) is 19.7. The molecule has 8 heteroatoms. The summed E-state index contributed by atoms with van der Waals surface area (Å²) < 4.78 is 17.1. The molecule has 28 heavy (non-hydrogen) atoms. The SMILES string of the molecule is COc1ccc(CN[C@H]2[C@H](O)[C@@H](N3CCN(C(C)=O)CC3)[C@@H]3OC[C@H]2O3)cc1. The van der Waals surface area contributed by atoms with Crippen molar-refractivity contribution >= 4 is 5.91 Å². The molecular formula is C20H29N3O5. The largest absolute Gasteiger partial charge is 0.497 e. The van der Waals surface area contributed by atoms with E-state index >= 15 is 0 Å². The van der Waals surface area contributed by atoms with Gasteiger partial charge in [-0.25, -0.2) is 0 Å². The summed E-state index contributed by atoms with van der Waals surface area (Å²) >= 11 is 0. The van der Waals surface area contributed by atoms with Crippen molar-refractivity contribution in [2.45, 2.75) is 44.1 Å². The fourth-order valence-corrected chi connectivity index (χ4v) is 4.36. The van der Waals surface area contributed by atoms with E-state index in [9.17, 15) is 9.90 Å². The monoisotopic (exact) mass is 391 g/mol. The quantitative estimate of drug-likeness (QED) is 0.719. The van der Waals surface area contributed by atoms with Crippen LogP contribution in [0.5, 0.6) is 5.75 Å². The minimum absolute atomic E-state index is 0.0938. The highest BCUT2D eigenvalue weighted by molar-refractivity contribution is 5.73. The molecule has 8 nitrogen and oxygen atoms in total. The van der Waals surface area contributed by atoms with Crippen LogP contribution in [0.1, 0.15) is 12.5 Å². The summed E-state index contributed by atoms with van der Waals surface area (Å²) in [5, 5.41) is 14.6. The van der Waals surface area contributed by atoms with Gasteiger partial charge in [0, 0.05) is 39.6 Å². The van der Waals surface area contributed by atoms with E-state index in [1.807, 2.05) is 29.2 Å². The van der Waals surface area contributed by atoms with Gasteiger partial charge in [0.25, 0.3) is 0 Å². The first kappa shape index (κ1) is 19.6. The standard InChI is InChI=1S/C20H29N3O5/c1-13(24)22-7-9-23(10-8-22)18-19(25)17(16-12-27-20(18)28-16)21-11-14-3-5-15(26-2)6-4-14/h3-6,16-21,25H,7-12H2,1-2H3/t16-,17-,18-,19+,20-/m1/s1. The number of hydrogen-bond donors (Lipinski definition) is 2. The number of rotatable bonds is 5. The molecule has 1 aromatic rings. The molecule has 1 aromatic carbocycles. The fourth-order valence-electron chi connectivity index (χ4n) is 4.36. The van der Waals surface area contributed by atoms with E-state index in [0.29, 0.717) is 39.3 Å². The van der Waals surface area contributed by atoms with Crippen molar-refractivity contribution in [3.63, 3.8) is 0 Å². The van der Waals surface area contributed by atoms with Crippen LogP contribution in [0, 0.1) is 0 Å². The first-order valence-corrected chi connectivity index (χ1v) is 9.88. The lowest BCUT2D eigenvalue weighted by Gasteiger charge is -2.46. The first-order valence-electron chi connectivity index (χ1n) is 9.88. The summed E-state index contributed by atoms with van der Waals surface area (Å²) in [6, 6.07) is 7.42. The van der Waals surface area contributed by atoms with Crippen molar-refractivity contribution in [3.05, 3.63) is 29.8 Å². The van der Waals surface area contributed by atoms with Crippen molar-refractivity contribution in [2.75, 3.05) is 39.9 Å². The topological polar surface area (TPSA) is 83.5 Å². The smallest absolute Gasteiger partial charge is 0.219 e. The van der Waals surface area contributed by atoms with E-state index in [0.717, 1.165) is 11.3 Å². The number of amides is 1. The number of carbonyl (C=O) groups is 1. The van der Waals surface area contributed by atoms with Crippen LogP contribution in [-0.2, 0) is 20.8 Å². The van der Waals surface area contributed by atoms with Gasteiger partial charge >= 0.3 is 0 Å². The number of methoxy groups -OCH3 is 1. The average Bonchev–Trinajstić information content (AvgIpc) is 3.13. The number of aliphatic hydroxyl groups is 1. The lowest BCUT2D eigenvalue weighted by molar-refractivity contribution is -0.186. The molecule has 0 saturated carbocycles. The van der Waals surface area contributed by atoms with Crippen LogP contribution in [0.2, 0.25) is 0 Å². The highest BCUT2D eigenvalue weighted by Gasteiger charge is 2.52. The molecule has 0 radical (unpaired) electrons. The van der Waals surface area contributed by atoms with Crippen LogP contribution in [0.4, 0.5) is 0 Å². The van der Waals surface area contributed by atoms with Crippen molar-refractivity contribution in [1.29, 1.82) is 0 Å². The molecule has 3 heterocycles. The van der Waals surface area contributed by atoms with Crippen molar-refractivity contribution in [2.24, 2.45) is 0 Å². The number of nitrogens with zero attached hydrogens (tertiary/aromatic N) is 2. The molecule has 1 amide bonds. The van der Waals surface area contributed by atoms with Crippen LogP contribution < -0.4 is 10.1 Å². The molecule has 154 valence electrons. The van der Waals surface area contributed by atoms with Crippen molar-refractivity contribution in [1.82, 2.24) is 15.1 Å². The van der Waals surface area contributed by atoms with E-state index in [4.69, 9.17) is 14.2 Å². The van der Waals surface area contributed by atoms with Gasteiger partial charge in [0.1, 0.15) is 11.9 Å². The summed E-state index contributed by atoms with van der Waals surface area (Å²) in [4.78, 5) is 15.6. The number of aliphatic hydroxyl groups excluding tert-OH is 1. The van der Waals surface area contributed by atoms with Gasteiger partial charge in [0.05, 0.1) is 31.9 Å². The van der Waals surface area contributed by atoms with Gasteiger partial charge in [-0.05, 0) is 17.7 Å². The summed E-state index contributed by atoms with van der Waals surface area (Å²) in [7, 11) is 1.65. The van der Waals surface area contributed by atoms with Crippen LogP contribution in [0.3, 0.4) is 0 Å². The van der Waals surface area contributed by atoms with Gasteiger partial charge in [-0.1, -0.05) is 12.1 Å². The highest BCUT2D eigenvalue weighted by atomic mass is 16.7. The molecule has 5 atom stereocenters. The second kappa shape index (κ2) is 8.34. The van der Waals surface area contributed by atoms with Gasteiger partial charge in [-0.2, -0.15) is 0 Å². The van der Waals surface area contributed by atoms with Gasteiger partial charge in [0.2, 0.25) is 5.91 Å². The Morgan fingerprint density at radius 2 is 1.96 bits per heavy atom. The van der Waals surface area contributed by atoms with Crippen LogP contribution >= 0.6 is 0 Å². The molecule has 2 N–H and O–H groups in total. The molecular weight excluding hydrogens is 362 g/mol. The van der Waals surface area contributed by atoms with Crippen LogP contribution in [-0.4, -0.2) is 91.3 Å². The average molecular weight is 391 g/mol. The molecule has 2 bridgehead atoms. The lowest BCUT2D eigenvalue weighted by atomic mass is 9.94. The lowest BCUT2D eigenvalue weighted by Crippen LogP contribution is -2.66. The Balaban J connectivity index is 1.40. The number of benzene rings is 1. The van der Waals surface area contributed by atoms with Crippen molar-refractivity contribution < 1.29 is 24.1 Å². The maximum absolute atomic E-state index is 11.6. The highest BCUT2D eigenvalue weighted by Crippen LogP contribution is 2.32. The number of nitrogens with one attached hydrogen (secondary N) is 1. The molecule has 3 aliphatic rings. The maximum Gasteiger partial charge on any atom is 0.219 e. The second-order valence-corrected chi connectivity index (χ2v) is 7.65. The predicted octanol–water partition coefficient (Wildman–Crippen LogP) is -0.198. The molecule has 3 fully saturated rings. The molecule has 0 aromatic heterocycles. The normalized spacial score (nSPS) is 33.1. The summed E-state index contributed by atoms with van der Waals surface area (Å²) in [5.41, 5.74) is 1.11.